The van der Waals surface area contributed by atoms with Gasteiger partial charge in [-0.2, -0.15) is 0 Å². The van der Waals surface area contributed by atoms with Crippen molar-refractivity contribution < 1.29 is 5.11 Å². The van der Waals surface area contributed by atoms with Gasteiger partial charge in [-0.3, -0.25) is 4.90 Å². The number of aromatic hydroxyl groups is 1. The summed E-state index contributed by atoms with van der Waals surface area (Å²) < 4.78 is 0. The second kappa shape index (κ2) is 3.64. The number of rotatable bonds is 1. The molecule has 0 amide bonds. The van der Waals surface area contributed by atoms with Gasteiger partial charge in [0.25, 0.3) is 0 Å². The number of anilines is 1. The zero-order chi connectivity index (χ0) is 12.0. The van der Waals surface area contributed by atoms with Crippen LogP contribution in [0.4, 0.5) is 5.69 Å². The number of hydrogen-bond donors (Lipinski definition) is 2. The summed E-state index contributed by atoms with van der Waals surface area (Å²) in [6, 6.07) is 6.37. The highest BCUT2D eigenvalue weighted by Gasteiger charge is 2.44. The van der Waals surface area contributed by atoms with Gasteiger partial charge in [-0.25, -0.2) is 0 Å². The van der Waals surface area contributed by atoms with E-state index in [2.05, 4.69) is 30.1 Å². The minimum absolute atomic E-state index is 0.271. The Kier molecular flexibility index (Phi) is 2.33. The molecule has 2 N–H and O–H groups in total. The van der Waals surface area contributed by atoms with E-state index in [1.54, 1.807) is 0 Å². The molecule has 1 unspecified atom stereocenters. The number of benzene rings is 1. The number of phenols is 1. The smallest absolute Gasteiger partial charge is 0.117 e. The highest BCUT2D eigenvalue weighted by molar-refractivity contribution is 5.63. The minimum Gasteiger partial charge on any atom is -0.508 e. The molecule has 0 aliphatic carbocycles. The monoisotopic (exact) mass is 232 g/mol. The molecule has 1 aromatic carbocycles. The van der Waals surface area contributed by atoms with Crippen molar-refractivity contribution in [2.45, 2.75) is 31.7 Å². The van der Waals surface area contributed by atoms with Crippen LogP contribution in [-0.4, -0.2) is 35.7 Å². The summed E-state index contributed by atoms with van der Waals surface area (Å²) in [7, 11) is 0. The van der Waals surface area contributed by atoms with Gasteiger partial charge in [0, 0.05) is 36.3 Å². The van der Waals surface area contributed by atoms with E-state index >= 15 is 0 Å². The van der Waals surface area contributed by atoms with E-state index < -0.39 is 0 Å². The van der Waals surface area contributed by atoms with Gasteiger partial charge in [0.05, 0.1) is 0 Å². The molecular weight excluding hydrogens is 212 g/mol. The standard InChI is InChI=1S/C14H20N2O/c1-10(2)16-6-5-14(9-16)8-15-13-7-11(17)3-4-12(13)14/h3-4,7,10,15,17H,5-6,8-9H2,1-2H3. The van der Waals surface area contributed by atoms with Crippen LogP contribution in [0.15, 0.2) is 18.2 Å². The average Bonchev–Trinajstić information content (AvgIpc) is 2.86. The Hall–Kier alpha value is -1.22. The van der Waals surface area contributed by atoms with Gasteiger partial charge < -0.3 is 10.4 Å². The Morgan fingerprint density at radius 1 is 1.41 bits per heavy atom. The van der Waals surface area contributed by atoms with Crippen molar-refractivity contribution in [2.75, 3.05) is 25.0 Å². The van der Waals surface area contributed by atoms with Crippen molar-refractivity contribution in [3.05, 3.63) is 23.8 Å². The lowest BCUT2D eigenvalue weighted by molar-refractivity contribution is 0.260. The first kappa shape index (κ1) is 10.9. The van der Waals surface area contributed by atoms with Crippen molar-refractivity contribution in [3.63, 3.8) is 0 Å². The molecular formula is C14H20N2O. The first-order chi connectivity index (χ1) is 8.11. The third-order valence-corrected chi connectivity index (χ3v) is 4.31. The minimum atomic E-state index is 0.271. The van der Waals surface area contributed by atoms with Gasteiger partial charge >= 0.3 is 0 Å². The van der Waals surface area contributed by atoms with Crippen LogP contribution in [0.5, 0.6) is 5.75 Å². The van der Waals surface area contributed by atoms with E-state index in [9.17, 15) is 5.11 Å². The van der Waals surface area contributed by atoms with Crippen molar-refractivity contribution in [2.24, 2.45) is 0 Å². The first-order valence-electron chi connectivity index (χ1n) is 6.42. The van der Waals surface area contributed by atoms with Crippen LogP contribution in [0.1, 0.15) is 25.8 Å². The van der Waals surface area contributed by atoms with Crippen LogP contribution in [0.25, 0.3) is 0 Å². The molecule has 2 aliphatic heterocycles. The Bertz CT molecular complexity index is 444. The van der Waals surface area contributed by atoms with Crippen molar-refractivity contribution in [1.29, 1.82) is 0 Å². The summed E-state index contributed by atoms with van der Waals surface area (Å²) in [5, 5.41) is 13.0. The molecule has 1 saturated heterocycles. The topological polar surface area (TPSA) is 35.5 Å². The fourth-order valence-corrected chi connectivity index (χ4v) is 3.21. The van der Waals surface area contributed by atoms with E-state index in [1.165, 1.54) is 18.5 Å². The Morgan fingerprint density at radius 2 is 2.24 bits per heavy atom. The van der Waals surface area contributed by atoms with Gasteiger partial charge in [-0.15, -0.1) is 0 Å². The van der Waals surface area contributed by atoms with E-state index in [1.807, 2.05) is 12.1 Å². The largest absolute Gasteiger partial charge is 0.508 e. The van der Waals surface area contributed by atoms with E-state index in [0.717, 1.165) is 18.8 Å². The molecule has 1 spiro atoms. The van der Waals surface area contributed by atoms with Crippen LogP contribution in [-0.2, 0) is 5.41 Å². The predicted molar refractivity (Wildman–Crippen MR) is 69.6 cm³/mol. The van der Waals surface area contributed by atoms with Gasteiger partial charge in [0.1, 0.15) is 5.75 Å². The van der Waals surface area contributed by atoms with Crippen molar-refractivity contribution >= 4 is 5.69 Å². The van der Waals surface area contributed by atoms with Crippen LogP contribution in [0, 0.1) is 0 Å². The molecule has 3 heteroatoms. The highest BCUT2D eigenvalue weighted by Crippen LogP contribution is 2.44. The number of hydrogen-bond acceptors (Lipinski definition) is 3. The van der Waals surface area contributed by atoms with Crippen molar-refractivity contribution in [1.82, 2.24) is 4.90 Å². The quantitative estimate of drug-likeness (QED) is 0.779. The molecule has 2 heterocycles. The van der Waals surface area contributed by atoms with E-state index in [0.29, 0.717) is 11.8 Å². The van der Waals surface area contributed by atoms with Gasteiger partial charge in [-0.05, 0) is 38.4 Å². The number of fused-ring (bicyclic) bond motifs is 2. The molecule has 0 radical (unpaired) electrons. The normalized spacial score (nSPS) is 27.7. The summed E-state index contributed by atoms with van der Waals surface area (Å²) in [5.41, 5.74) is 2.78. The van der Waals surface area contributed by atoms with Crippen LogP contribution in [0.3, 0.4) is 0 Å². The van der Waals surface area contributed by atoms with Crippen LogP contribution in [0.2, 0.25) is 0 Å². The fourth-order valence-electron chi connectivity index (χ4n) is 3.21. The molecule has 3 nitrogen and oxygen atoms in total. The second-order valence-corrected chi connectivity index (χ2v) is 5.68. The Morgan fingerprint density at radius 3 is 2.94 bits per heavy atom. The van der Waals surface area contributed by atoms with Gasteiger partial charge in [0.2, 0.25) is 0 Å². The third kappa shape index (κ3) is 1.61. The lowest BCUT2D eigenvalue weighted by atomic mass is 9.81. The summed E-state index contributed by atoms with van der Waals surface area (Å²) in [4.78, 5) is 2.55. The van der Waals surface area contributed by atoms with Crippen LogP contribution < -0.4 is 5.32 Å². The van der Waals surface area contributed by atoms with Crippen LogP contribution >= 0.6 is 0 Å². The maximum Gasteiger partial charge on any atom is 0.117 e. The molecule has 1 aromatic rings. The van der Waals surface area contributed by atoms with Gasteiger partial charge in [-0.1, -0.05) is 6.07 Å². The Labute approximate surface area is 102 Å². The lowest BCUT2D eigenvalue weighted by Gasteiger charge is -2.26. The molecule has 0 aromatic heterocycles. The molecule has 1 atom stereocenters. The number of phenolic OH excluding ortho intramolecular Hbond substituents is 1. The second-order valence-electron chi connectivity index (χ2n) is 5.68. The molecule has 0 saturated carbocycles. The van der Waals surface area contributed by atoms with Gasteiger partial charge in [0.15, 0.2) is 0 Å². The maximum atomic E-state index is 9.52. The van der Waals surface area contributed by atoms with E-state index in [-0.39, 0.29) is 5.41 Å². The highest BCUT2D eigenvalue weighted by atomic mass is 16.3. The summed E-state index contributed by atoms with van der Waals surface area (Å²) in [6.07, 6.45) is 1.22. The van der Waals surface area contributed by atoms with Crippen molar-refractivity contribution in [3.8, 4) is 5.75 Å². The zero-order valence-electron chi connectivity index (χ0n) is 10.5. The molecule has 0 bridgehead atoms. The Balaban J connectivity index is 1.93. The predicted octanol–water partition coefficient (Wildman–Crippen LogP) is 2.17. The lowest BCUT2D eigenvalue weighted by Crippen LogP contribution is -2.35. The maximum absolute atomic E-state index is 9.52. The first-order valence-corrected chi connectivity index (χ1v) is 6.42. The summed E-state index contributed by atoms with van der Waals surface area (Å²) in [5.74, 6) is 0.354. The van der Waals surface area contributed by atoms with E-state index in [4.69, 9.17) is 0 Å². The molecule has 1 fully saturated rings. The number of nitrogens with one attached hydrogen (secondary N) is 1. The molecule has 17 heavy (non-hydrogen) atoms. The summed E-state index contributed by atoms with van der Waals surface area (Å²) in [6.45, 7) is 7.85. The SMILES string of the molecule is CC(C)N1CCC2(CNc3cc(O)ccc32)C1. The molecule has 2 aliphatic rings. The fraction of sp³-hybridized carbons (Fsp3) is 0.571. The summed E-state index contributed by atoms with van der Waals surface area (Å²) >= 11 is 0. The zero-order valence-corrected chi connectivity index (χ0v) is 10.5. The molecule has 3 rings (SSSR count). The number of likely N-dealkylation sites (tertiary alicyclic amines) is 1. The average molecular weight is 232 g/mol. The molecule has 92 valence electrons. The number of nitrogens with zero attached hydrogens (tertiary/aromatic N) is 1. The third-order valence-electron chi connectivity index (χ3n) is 4.31.